The maximum Gasteiger partial charge on any atom is 0.191 e. The number of hydrogen-bond donors (Lipinski definition) is 2. The lowest BCUT2D eigenvalue weighted by atomic mass is 10.3. The standard InChI is InChI=1S/C22H28FN5O2.HI/c1-2-29-15-4-12-24-22(25-13-10-21-5-3-16-30-21)26-17-19-11-14-28(27-19)20-8-6-18(23)7-9-20;/h3,5-9,11,14,16H,2,4,10,12-13,15,17H2,1H3,(H2,24,25,26);1H. The summed E-state index contributed by atoms with van der Waals surface area (Å²) in [7, 11) is 0. The molecule has 0 bridgehead atoms. The van der Waals surface area contributed by atoms with E-state index >= 15 is 0 Å². The molecule has 2 heterocycles. The number of nitrogens with zero attached hydrogens (tertiary/aromatic N) is 3. The van der Waals surface area contributed by atoms with Crippen molar-refractivity contribution in [2.75, 3.05) is 26.3 Å². The van der Waals surface area contributed by atoms with Crippen molar-refractivity contribution in [2.24, 2.45) is 4.99 Å². The number of hydrogen-bond acceptors (Lipinski definition) is 4. The largest absolute Gasteiger partial charge is 0.469 e. The van der Waals surface area contributed by atoms with Gasteiger partial charge in [-0.3, -0.25) is 0 Å². The number of guanidine groups is 1. The van der Waals surface area contributed by atoms with E-state index in [9.17, 15) is 4.39 Å². The molecule has 0 spiro atoms. The summed E-state index contributed by atoms with van der Waals surface area (Å²) < 4.78 is 25.6. The van der Waals surface area contributed by atoms with E-state index in [1.807, 2.05) is 31.3 Å². The van der Waals surface area contributed by atoms with E-state index in [0.717, 1.165) is 49.1 Å². The minimum Gasteiger partial charge on any atom is -0.469 e. The molecular formula is C22H29FIN5O2. The van der Waals surface area contributed by atoms with Gasteiger partial charge >= 0.3 is 0 Å². The zero-order valence-electron chi connectivity index (χ0n) is 17.6. The first-order valence-electron chi connectivity index (χ1n) is 10.2. The van der Waals surface area contributed by atoms with E-state index in [-0.39, 0.29) is 29.8 Å². The zero-order valence-corrected chi connectivity index (χ0v) is 19.9. The second-order valence-corrected chi connectivity index (χ2v) is 6.63. The molecule has 0 aliphatic heterocycles. The number of aliphatic imine (C=N–C) groups is 1. The van der Waals surface area contributed by atoms with Crippen molar-refractivity contribution in [1.82, 2.24) is 20.4 Å². The van der Waals surface area contributed by atoms with Gasteiger partial charge < -0.3 is 19.8 Å². The minimum atomic E-state index is -0.267. The summed E-state index contributed by atoms with van der Waals surface area (Å²) in [6.07, 6.45) is 5.18. The molecule has 2 N–H and O–H groups in total. The van der Waals surface area contributed by atoms with Gasteiger partial charge in [0.25, 0.3) is 0 Å². The summed E-state index contributed by atoms with van der Waals surface area (Å²) in [6, 6.07) is 12.0. The maximum absolute atomic E-state index is 13.1. The first-order valence-corrected chi connectivity index (χ1v) is 10.2. The molecule has 168 valence electrons. The first kappa shape index (κ1) is 24.9. The van der Waals surface area contributed by atoms with Crippen LogP contribution < -0.4 is 10.6 Å². The molecule has 9 heteroatoms. The fraction of sp³-hybridized carbons (Fsp3) is 0.364. The van der Waals surface area contributed by atoms with Crippen LogP contribution in [0.25, 0.3) is 5.69 Å². The Hall–Kier alpha value is -2.40. The van der Waals surface area contributed by atoms with Gasteiger partial charge in [0.2, 0.25) is 0 Å². The molecule has 0 fully saturated rings. The lowest BCUT2D eigenvalue weighted by Gasteiger charge is -2.12. The quantitative estimate of drug-likeness (QED) is 0.167. The second-order valence-electron chi connectivity index (χ2n) is 6.63. The molecule has 2 aromatic heterocycles. The number of aromatic nitrogens is 2. The Kier molecular flexibility index (Phi) is 11.1. The van der Waals surface area contributed by atoms with Crippen molar-refractivity contribution >= 4 is 29.9 Å². The first-order chi connectivity index (χ1) is 14.7. The predicted octanol–water partition coefficient (Wildman–Crippen LogP) is 3.93. The van der Waals surface area contributed by atoms with Gasteiger partial charge in [-0.2, -0.15) is 5.10 Å². The van der Waals surface area contributed by atoms with E-state index in [0.29, 0.717) is 19.7 Å². The lowest BCUT2D eigenvalue weighted by Crippen LogP contribution is -2.39. The minimum absolute atomic E-state index is 0. The zero-order chi connectivity index (χ0) is 21.0. The fourth-order valence-electron chi connectivity index (χ4n) is 2.80. The number of rotatable bonds is 11. The van der Waals surface area contributed by atoms with Crippen molar-refractivity contribution in [2.45, 2.75) is 26.3 Å². The van der Waals surface area contributed by atoms with Crippen LogP contribution in [0.1, 0.15) is 24.8 Å². The molecule has 31 heavy (non-hydrogen) atoms. The number of benzene rings is 1. The van der Waals surface area contributed by atoms with Crippen LogP contribution in [0.5, 0.6) is 0 Å². The van der Waals surface area contributed by atoms with Crippen LogP contribution >= 0.6 is 24.0 Å². The highest BCUT2D eigenvalue weighted by Gasteiger charge is 2.04. The Bertz CT molecular complexity index is 897. The van der Waals surface area contributed by atoms with Crippen LogP contribution in [0.3, 0.4) is 0 Å². The second kappa shape index (κ2) is 13.8. The predicted molar refractivity (Wildman–Crippen MR) is 130 cm³/mol. The van der Waals surface area contributed by atoms with Crippen LogP contribution in [0.15, 0.2) is 64.3 Å². The van der Waals surface area contributed by atoms with E-state index in [1.54, 1.807) is 23.1 Å². The molecule has 0 radical (unpaired) electrons. The molecule has 0 amide bonds. The van der Waals surface area contributed by atoms with Gasteiger partial charge in [0, 0.05) is 38.9 Å². The van der Waals surface area contributed by atoms with Gasteiger partial charge in [-0.25, -0.2) is 14.1 Å². The molecule has 3 aromatic rings. The summed E-state index contributed by atoms with van der Waals surface area (Å²) >= 11 is 0. The monoisotopic (exact) mass is 541 g/mol. The average molecular weight is 541 g/mol. The van der Waals surface area contributed by atoms with Crippen LogP contribution in [0, 0.1) is 5.82 Å². The SMILES string of the molecule is CCOCCCNC(=NCc1ccn(-c2ccc(F)cc2)n1)NCCc1ccco1.I. The molecule has 3 rings (SSSR count). The highest BCUT2D eigenvalue weighted by Crippen LogP contribution is 2.09. The van der Waals surface area contributed by atoms with Crippen LogP contribution in [0.2, 0.25) is 0 Å². The van der Waals surface area contributed by atoms with Gasteiger partial charge in [-0.15, -0.1) is 24.0 Å². The van der Waals surface area contributed by atoms with Crippen molar-refractivity contribution in [3.63, 3.8) is 0 Å². The van der Waals surface area contributed by atoms with E-state index < -0.39 is 0 Å². The third kappa shape index (κ3) is 8.70. The number of nitrogens with one attached hydrogen (secondary N) is 2. The van der Waals surface area contributed by atoms with Crippen molar-refractivity contribution in [3.8, 4) is 5.69 Å². The average Bonchev–Trinajstić information content (AvgIpc) is 3.44. The summed E-state index contributed by atoms with van der Waals surface area (Å²) in [6.45, 7) is 5.31. The molecule has 7 nitrogen and oxygen atoms in total. The topological polar surface area (TPSA) is 76.6 Å². The Morgan fingerprint density at radius 1 is 1.16 bits per heavy atom. The van der Waals surface area contributed by atoms with Gasteiger partial charge in [0.05, 0.1) is 24.2 Å². The Labute approximate surface area is 199 Å². The highest BCUT2D eigenvalue weighted by atomic mass is 127. The van der Waals surface area contributed by atoms with Crippen LogP contribution in [-0.4, -0.2) is 42.0 Å². The third-order valence-electron chi connectivity index (χ3n) is 4.34. The van der Waals surface area contributed by atoms with Crippen LogP contribution in [-0.2, 0) is 17.7 Å². The van der Waals surface area contributed by atoms with E-state index in [1.165, 1.54) is 12.1 Å². The lowest BCUT2D eigenvalue weighted by molar-refractivity contribution is 0.145. The third-order valence-corrected chi connectivity index (χ3v) is 4.34. The van der Waals surface area contributed by atoms with Crippen molar-refractivity contribution in [1.29, 1.82) is 0 Å². The van der Waals surface area contributed by atoms with Gasteiger partial charge in [-0.05, 0) is 55.8 Å². The van der Waals surface area contributed by atoms with Gasteiger partial charge in [-0.1, -0.05) is 0 Å². The molecule has 0 aliphatic carbocycles. The van der Waals surface area contributed by atoms with Crippen molar-refractivity contribution < 1.29 is 13.5 Å². The number of furan rings is 1. The van der Waals surface area contributed by atoms with Crippen molar-refractivity contribution in [3.05, 3.63) is 72.2 Å². The van der Waals surface area contributed by atoms with Gasteiger partial charge in [0.15, 0.2) is 5.96 Å². The highest BCUT2D eigenvalue weighted by molar-refractivity contribution is 14.0. The van der Waals surface area contributed by atoms with Crippen LogP contribution in [0.4, 0.5) is 4.39 Å². The Morgan fingerprint density at radius 3 is 2.71 bits per heavy atom. The van der Waals surface area contributed by atoms with Gasteiger partial charge in [0.1, 0.15) is 11.6 Å². The summed E-state index contributed by atoms with van der Waals surface area (Å²) in [4.78, 5) is 4.64. The Morgan fingerprint density at radius 2 is 1.97 bits per heavy atom. The molecule has 1 aromatic carbocycles. The molecule has 0 atom stereocenters. The summed E-state index contributed by atoms with van der Waals surface area (Å²) in [5.74, 6) is 1.38. The molecule has 0 unspecified atom stereocenters. The maximum atomic E-state index is 13.1. The number of halogens is 2. The summed E-state index contributed by atoms with van der Waals surface area (Å²) in [5.41, 5.74) is 1.62. The molecular weight excluding hydrogens is 512 g/mol. The smallest absolute Gasteiger partial charge is 0.191 e. The van der Waals surface area contributed by atoms with E-state index in [4.69, 9.17) is 9.15 Å². The fourth-order valence-corrected chi connectivity index (χ4v) is 2.80. The normalized spacial score (nSPS) is 11.2. The Balaban J connectivity index is 0.00000341. The number of ether oxygens (including phenoxy) is 1. The summed E-state index contributed by atoms with van der Waals surface area (Å²) in [5, 5.41) is 11.2. The molecule has 0 saturated heterocycles. The van der Waals surface area contributed by atoms with E-state index in [2.05, 4.69) is 20.7 Å². The molecule has 0 aliphatic rings. The molecule has 0 saturated carbocycles.